The Balaban J connectivity index is 1.51. The lowest BCUT2D eigenvalue weighted by Gasteiger charge is -2.10. The molecule has 3 aromatic rings. The van der Waals surface area contributed by atoms with Crippen LogP contribution >= 0.6 is 23.2 Å². The monoisotopic (exact) mass is 429 g/mol. The minimum absolute atomic E-state index is 0.195. The lowest BCUT2D eigenvalue weighted by atomic mass is 10.2. The van der Waals surface area contributed by atoms with Crippen molar-refractivity contribution in [3.63, 3.8) is 0 Å². The molecule has 0 radical (unpaired) electrons. The van der Waals surface area contributed by atoms with Crippen molar-refractivity contribution >= 4 is 40.7 Å². The van der Waals surface area contributed by atoms with Gasteiger partial charge in [0.05, 0.1) is 16.6 Å². The lowest BCUT2D eigenvalue weighted by Crippen LogP contribution is -2.32. The van der Waals surface area contributed by atoms with E-state index in [2.05, 4.69) is 15.6 Å². The van der Waals surface area contributed by atoms with Gasteiger partial charge in [-0.1, -0.05) is 35.3 Å². The number of hydrogen-bond acceptors (Lipinski definition) is 4. The van der Waals surface area contributed by atoms with Gasteiger partial charge in [0, 0.05) is 35.3 Å². The van der Waals surface area contributed by atoms with Crippen LogP contribution in [0.3, 0.4) is 0 Å². The van der Waals surface area contributed by atoms with Crippen LogP contribution in [0.1, 0.15) is 15.9 Å². The van der Waals surface area contributed by atoms with Gasteiger partial charge in [-0.3, -0.25) is 14.6 Å². The average molecular weight is 430 g/mol. The second-order valence-corrected chi connectivity index (χ2v) is 6.85. The summed E-state index contributed by atoms with van der Waals surface area (Å²) in [4.78, 5) is 28.3. The van der Waals surface area contributed by atoms with Gasteiger partial charge < -0.3 is 15.4 Å². The Kier molecular flexibility index (Phi) is 7.05. The molecule has 29 heavy (non-hydrogen) atoms. The Labute approximate surface area is 177 Å². The van der Waals surface area contributed by atoms with E-state index in [4.69, 9.17) is 27.9 Å². The van der Waals surface area contributed by atoms with Crippen LogP contribution in [0.4, 0.5) is 5.69 Å². The molecule has 0 bridgehead atoms. The minimum atomic E-state index is -0.424. The molecule has 6 nitrogen and oxygen atoms in total. The third kappa shape index (κ3) is 6.20. The maximum Gasteiger partial charge on any atom is 0.251 e. The van der Waals surface area contributed by atoms with E-state index < -0.39 is 5.91 Å². The number of halogens is 2. The van der Waals surface area contributed by atoms with Crippen LogP contribution in [-0.4, -0.2) is 23.3 Å². The summed E-state index contributed by atoms with van der Waals surface area (Å²) in [7, 11) is 0. The molecule has 0 aliphatic rings. The van der Waals surface area contributed by atoms with Gasteiger partial charge in [0.1, 0.15) is 12.4 Å². The fourth-order valence-electron chi connectivity index (χ4n) is 2.42. The molecule has 1 aromatic heterocycles. The summed E-state index contributed by atoms with van der Waals surface area (Å²) >= 11 is 11.7. The second kappa shape index (κ2) is 9.91. The summed E-state index contributed by atoms with van der Waals surface area (Å²) < 4.78 is 5.71. The van der Waals surface area contributed by atoms with Crippen LogP contribution in [0, 0.1) is 0 Å². The number of aromatic nitrogens is 1. The van der Waals surface area contributed by atoms with E-state index in [1.807, 2.05) is 12.1 Å². The van der Waals surface area contributed by atoms with Crippen molar-refractivity contribution in [1.29, 1.82) is 0 Å². The Morgan fingerprint density at radius 1 is 1.00 bits per heavy atom. The fraction of sp³-hybridized carbons (Fsp3) is 0.0952. The predicted octanol–water partition coefficient (Wildman–Crippen LogP) is 4.34. The SMILES string of the molecule is O=C(CNC(=O)c1ccc(Cl)c(Cl)c1)Nc1cccc(OCc2cccnc2)c1. The van der Waals surface area contributed by atoms with Gasteiger partial charge in [-0.2, -0.15) is 0 Å². The number of rotatable bonds is 7. The smallest absolute Gasteiger partial charge is 0.251 e. The first-order valence-corrected chi connectivity index (χ1v) is 9.42. The minimum Gasteiger partial charge on any atom is -0.489 e. The van der Waals surface area contributed by atoms with E-state index in [1.165, 1.54) is 18.2 Å². The predicted molar refractivity (Wildman–Crippen MR) is 112 cm³/mol. The van der Waals surface area contributed by atoms with E-state index in [0.29, 0.717) is 28.6 Å². The maximum atomic E-state index is 12.1. The molecule has 0 saturated carbocycles. The molecule has 0 unspecified atom stereocenters. The summed E-state index contributed by atoms with van der Waals surface area (Å²) in [5, 5.41) is 5.87. The van der Waals surface area contributed by atoms with Gasteiger partial charge in [-0.05, 0) is 36.4 Å². The van der Waals surface area contributed by atoms with Crippen molar-refractivity contribution in [1.82, 2.24) is 10.3 Å². The Morgan fingerprint density at radius 2 is 1.86 bits per heavy atom. The van der Waals surface area contributed by atoms with Gasteiger partial charge in [0.15, 0.2) is 0 Å². The average Bonchev–Trinajstić information content (AvgIpc) is 2.73. The summed E-state index contributed by atoms with van der Waals surface area (Å²) in [6, 6.07) is 15.2. The van der Waals surface area contributed by atoms with Crippen molar-refractivity contribution < 1.29 is 14.3 Å². The van der Waals surface area contributed by atoms with Crippen molar-refractivity contribution in [2.24, 2.45) is 0 Å². The molecule has 0 spiro atoms. The quantitative estimate of drug-likeness (QED) is 0.585. The Hall–Kier alpha value is -3.09. The first-order valence-electron chi connectivity index (χ1n) is 8.66. The van der Waals surface area contributed by atoms with Crippen LogP contribution < -0.4 is 15.4 Å². The molecule has 0 aliphatic heterocycles. The molecule has 2 N–H and O–H groups in total. The molecular weight excluding hydrogens is 413 g/mol. The molecule has 1 heterocycles. The number of nitrogens with zero attached hydrogens (tertiary/aromatic N) is 1. The highest BCUT2D eigenvalue weighted by Crippen LogP contribution is 2.22. The molecule has 0 fully saturated rings. The number of carbonyl (C=O) groups is 2. The molecule has 3 rings (SSSR count). The van der Waals surface area contributed by atoms with E-state index in [0.717, 1.165) is 5.56 Å². The molecular formula is C21H17Cl2N3O3. The molecule has 8 heteroatoms. The first kappa shape index (κ1) is 20.6. The van der Waals surface area contributed by atoms with Crippen molar-refractivity contribution in [3.05, 3.63) is 88.2 Å². The highest BCUT2D eigenvalue weighted by atomic mass is 35.5. The number of hydrogen-bond donors (Lipinski definition) is 2. The largest absolute Gasteiger partial charge is 0.489 e. The van der Waals surface area contributed by atoms with E-state index >= 15 is 0 Å². The summed E-state index contributed by atoms with van der Waals surface area (Å²) in [6.45, 7) is 0.171. The van der Waals surface area contributed by atoms with Crippen molar-refractivity contribution in [3.8, 4) is 5.75 Å². The molecule has 2 amide bonds. The number of benzene rings is 2. The number of amides is 2. The van der Waals surface area contributed by atoms with Crippen LogP contribution in [0.25, 0.3) is 0 Å². The molecule has 2 aromatic carbocycles. The zero-order valence-corrected chi connectivity index (χ0v) is 16.7. The third-order valence-corrected chi connectivity index (χ3v) is 4.58. The Bertz CT molecular complexity index is 1010. The van der Waals surface area contributed by atoms with Crippen LogP contribution in [0.15, 0.2) is 67.0 Å². The van der Waals surface area contributed by atoms with Crippen LogP contribution in [0.5, 0.6) is 5.75 Å². The summed E-state index contributed by atoms with van der Waals surface area (Å²) in [5.74, 6) is -0.193. The highest BCUT2D eigenvalue weighted by molar-refractivity contribution is 6.42. The molecule has 0 aliphatic carbocycles. The topological polar surface area (TPSA) is 80.3 Å². The number of anilines is 1. The van der Waals surface area contributed by atoms with Crippen LogP contribution in [0.2, 0.25) is 10.0 Å². The van der Waals surface area contributed by atoms with E-state index in [-0.39, 0.29) is 17.5 Å². The molecule has 148 valence electrons. The molecule has 0 atom stereocenters. The van der Waals surface area contributed by atoms with Gasteiger partial charge in [-0.25, -0.2) is 0 Å². The maximum absolute atomic E-state index is 12.1. The van der Waals surface area contributed by atoms with Crippen LogP contribution in [-0.2, 0) is 11.4 Å². The standard InChI is InChI=1S/C21H17Cl2N3O3/c22-18-7-6-15(9-19(18)23)21(28)25-12-20(27)26-16-4-1-5-17(10-16)29-13-14-3-2-8-24-11-14/h1-11H,12-13H2,(H,25,28)(H,26,27). The third-order valence-electron chi connectivity index (χ3n) is 3.84. The summed E-state index contributed by atoms with van der Waals surface area (Å²) in [5.41, 5.74) is 1.81. The zero-order chi connectivity index (χ0) is 20.6. The van der Waals surface area contributed by atoms with Crippen molar-refractivity contribution in [2.45, 2.75) is 6.61 Å². The highest BCUT2D eigenvalue weighted by Gasteiger charge is 2.10. The zero-order valence-electron chi connectivity index (χ0n) is 15.2. The fourth-order valence-corrected chi connectivity index (χ4v) is 2.72. The number of ether oxygens (including phenoxy) is 1. The summed E-state index contributed by atoms with van der Waals surface area (Å²) in [6.07, 6.45) is 3.42. The van der Waals surface area contributed by atoms with Gasteiger partial charge in [0.2, 0.25) is 5.91 Å². The number of pyridine rings is 1. The number of carbonyl (C=O) groups excluding carboxylic acids is 2. The number of nitrogens with one attached hydrogen (secondary N) is 2. The second-order valence-electron chi connectivity index (χ2n) is 6.04. The molecule has 0 saturated heterocycles. The van der Waals surface area contributed by atoms with Gasteiger partial charge >= 0.3 is 0 Å². The lowest BCUT2D eigenvalue weighted by molar-refractivity contribution is -0.115. The van der Waals surface area contributed by atoms with E-state index in [1.54, 1.807) is 36.7 Å². The normalized spacial score (nSPS) is 10.3. The first-order chi connectivity index (χ1) is 14.0. The van der Waals surface area contributed by atoms with Crippen molar-refractivity contribution in [2.75, 3.05) is 11.9 Å². The van der Waals surface area contributed by atoms with Gasteiger partial charge in [-0.15, -0.1) is 0 Å². The Morgan fingerprint density at radius 3 is 2.62 bits per heavy atom. The van der Waals surface area contributed by atoms with Gasteiger partial charge in [0.25, 0.3) is 5.91 Å². The van der Waals surface area contributed by atoms with E-state index in [9.17, 15) is 9.59 Å².